The third kappa shape index (κ3) is 1.80. The van der Waals surface area contributed by atoms with Gasteiger partial charge in [0.2, 0.25) is 0 Å². The van der Waals surface area contributed by atoms with Crippen molar-refractivity contribution in [1.29, 1.82) is 0 Å². The molecule has 4 nitrogen and oxygen atoms in total. The summed E-state index contributed by atoms with van der Waals surface area (Å²) < 4.78 is 0. The van der Waals surface area contributed by atoms with Gasteiger partial charge in [0.15, 0.2) is 0 Å². The Labute approximate surface area is 88.0 Å². The van der Waals surface area contributed by atoms with Gasteiger partial charge in [0.05, 0.1) is 13.2 Å². The van der Waals surface area contributed by atoms with Gasteiger partial charge in [0.25, 0.3) is 5.91 Å². The molecule has 1 aromatic carbocycles. The summed E-state index contributed by atoms with van der Waals surface area (Å²) in [7, 11) is 0. The average Bonchev–Trinajstić information content (AvgIpc) is 2.74. The highest BCUT2D eigenvalue weighted by atomic mass is 16.7. The van der Waals surface area contributed by atoms with Gasteiger partial charge >= 0.3 is 0 Å². The molecule has 1 fully saturated rings. The second-order valence-corrected chi connectivity index (χ2v) is 3.54. The van der Waals surface area contributed by atoms with Crippen molar-refractivity contribution in [3.8, 4) is 5.75 Å². The molecule has 0 radical (unpaired) electrons. The molecule has 0 aliphatic carbocycles. The van der Waals surface area contributed by atoms with Crippen LogP contribution in [0.4, 0.5) is 0 Å². The molecule has 80 valence electrons. The predicted octanol–water partition coefficient (Wildman–Crippen LogP) is 1.48. The fraction of sp³-hybridized carbons (Fsp3) is 0.364. The number of hydrogen-bond acceptors (Lipinski definition) is 3. The number of hydrogen-bond donors (Lipinski definition) is 1. The Balaban J connectivity index is 2.28. The highest BCUT2D eigenvalue weighted by molar-refractivity contribution is 5.95. The lowest BCUT2D eigenvalue weighted by molar-refractivity contribution is -0.0769. The van der Waals surface area contributed by atoms with Crippen LogP contribution in [-0.4, -0.2) is 29.2 Å². The molecule has 1 aliphatic heterocycles. The van der Waals surface area contributed by atoms with Crippen molar-refractivity contribution >= 4 is 5.91 Å². The Morgan fingerprint density at radius 1 is 1.53 bits per heavy atom. The van der Waals surface area contributed by atoms with Gasteiger partial charge in [0, 0.05) is 11.1 Å². The van der Waals surface area contributed by atoms with Crippen LogP contribution in [0.1, 0.15) is 22.3 Å². The number of phenolic OH excluding ortho intramolecular Hbond substituents is 1. The lowest BCUT2D eigenvalue weighted by Crippen LogP contribution is -2.27. The summed E-state index contributed by atoms with van der Waals surface area (Å²) >= 11 is 0. The summed E-state index contributed by atoms with van der Waals surface area (Å²) in [5.74, 6) is -0.0408. The minimum absolute atomic E-state index is 0.139. The van der Waals surface area contributed by atoms with E-state index in [1.165, 1.54) is 5.06 Å². The van der Waals surface area contributed by atoms with Crippen LogP contribution >= 0.6 is 0 Å². The van der Waals surface area contributed by atoms with E-state index in [9.17, 15) is 9.90 Å². The zero-order valence-corrected chi connectivity index (χ0v) is 8.56. The van der Waals surface area contributed by atoms with Crippen molar-refractivity contribution in [3.05, 3.63) is 29.3 Å². The predicted molar refractivity (Wildman–Crippen MR) is 54.4 cm³/mol. The first-order valence-corrected chi connectivity index (χ1v) is 4.93. The van der Waals surface area contributed by atoms with Gasteiger partial charge in [-0.15, -0.1) is 0 Å². The standard InChI is InChI=1S/C11H13NO3/c1-8-9(4-2-5-10(8)13)11(14)12-6-3-7-15-12/h2,4-5,13H,3,6-7H2,1H3. The van der Waals surface area contributed by atoms with E-state index in [1.54, 1.807) is 25.1 Å². The monoisotopic (exact) mass is 207 g/mol. The maximum Gasteiger partial charge on any atom is 0.277 e. The molecule has 1 aromatic rings. The van der Waals surface area contributed by atoms with Crippen molar-refractivity contribution in [1.82, 2.24) is 5.06 Å². The van der Waals surface area contributed by atoms with E-state index in [4.69, 9.17) is 4.84 Å². The zero-order chi connectivity index (χ0) is 10.8. The number of carbonyl (C=O) groups is 1. The number of amides is 1. The Morgan fingerprint density at radius 3 is 3.00 bits per heavy atom. The summed E-state index contributed by atoms with van der Waals surface area (Å²) in [6.45, 7) is 2.93. The second kappa shape index (κ2) is 3.90. The maximum atomic E-state index is 11.9. The lowest BCUT2D eigenvalue weighted by atomic mass is 10.1. The summed E-state index contributed by atoms with van der Waals surface area (Å²) in [5, 5.41) is 10.8. The molecule has 4 heteroatoms. The number of carbonyl (C=O) groups excluding carboxylic acids is 1. The average molecular weight is 207 g/mol. The van der Waals surface area contributed by atoms with Crippen LogP contribution in [0.25, 0.3) is 0 Å². The Kier molecular flexibility index (Phi) is 2.60. The van der Waals surface area contributed by atoms with Gasteiger partial charge in [-0.3, -0.25) is 9.63 Å². The van der Waals surface area contributed by atoms with Gasteiger partial charge in [-0.25, -0.2) is 5.06 Å². The number of rotatable bonds is 1. The summed E-state index contributed by atoms with van der Waals surface area (Å²) in [6, 6.07) is 4.92. The van der Waals surface area contributed by atoms with Crippen LogP contribution in [0.2, 0.25) is 0 Å². The topological polar surface area (TPSA) is 49.8 Å². The van der Waals surface area contributed by atoms with Crippen molar-refractivity contribution in [2.45, 2.75) is 13.3 Å². The summed E-state index contributed by atoms with van der Waals surface area (Å²) in [5.41, 5.74) is 1.09. The number of aromatic hydroxyl groups is 1. The molecule has 1 heterocycles. The van der Waals surface area contributed by atoms with Crippen molar-refractivity contribution < 1.29 is 14.7 Å². The van der Waals surface area contributed by atoms with Crippen molar-refractivity contribution in [2.75, 3.05) is 13.2 Å². The van der Waals surface area contributed by atoms with Crippen molar-refractivity contribution in [3.63, 3.8) is 0 Å². The normalized spacial score (nSPS) is 15.7. The van der Waals surface area contributed by atoms with Crippen LogP contribution in [0.15, 0.2) is 18.2 Å². The minimum atomic E-state index is -0.180. The van der Waals surface area contributed by atoms with Crippen LogP contribution < -0.4 is 0 Å². The third-order valence-corrected chi connectivity index (χ3v) is 2.51. The quantitative estimate of drug-likeness (QED) is 0.758. The smallest absolute Gasteiger partial charge is 0.277 e. The molecular weight excluding hydrogens is 194 g/mol. The van der Waals surface area contributed by atoms with E-state index < -0.39 is 0 Å². The molecule has 0 spiro atoms. The molecule has 15 heavy (non-hydrogen) atoms. The van der Waals surface area contributed by atoms with E-state index in [0.29, 0.717) is 24.3 Å². The maximum absolute atomic E-state index is 11.9. The number of phenols is 1. The molecule has 1 N–H and O–H groups in total. The molecule has 0 aromatic heterocycles. The van der Waals surface area contributed by atoms with E-state index in [2.05, 4.69) is 0 Å². The second-order valence-electron chi connectivity index (χ2n) is 3.54. The van der Waals surface area contributed by atoms with Gasteiger partial charge < -0.3 is 5.11 Å². The van der Waals surface area contributed by atoms with Crippen LogP contribution in [0, 0.1) is 6.92 Å². The van der Waals surface area contributed by atoms with Gasteiger partial charge in [-0.2, -0.15) is 0 Å². The van der Waals surface area contributed by atoms with E-state index in [0.717, 1.165) is 6.42 Å². The number of nitrogens with zero attached hydrogens (tertiary/aromatic N) is 1. The summed E-state index contributed by atoms with van der Waals surface area (Å²) in [6.07, 6.45) is 0.865. The Morgan fingerprint density at radius 2 is 2.33 bits per heavy atom. The van der Waals surface area contributed by atoms with Gasteiger partial charge in [-0.05, 0) is 25.5 Å². The highest BCUT2D eigenvalue weighted by Gasteiger charge is 2.22. The van der Waals surface area contributed by atoms with Gasteiger partial charge in [0.1, 0.15) is 5.75 Å². The molecule has 0 bridgehead atoms. The molecule has 0 atom stereocenters. The highest BCUT2D eigenvalue weighted by Crippen LogP contribution is 2.22. The molecule has 0 saturated carbocycles. The zero-order valence-electron chi connectivity index (χ0n) is 8.56. The number of hydroxylamine groups is 2. The molecular formula is C11H13NO3. The van der Waals surface area contributed by atoms with E-state index in [1.807, 2.05) is 0 Å². The van der Waals surface area contributed by atoms with Crippen molar-refractivity contribution in [2.24, 2.45) is 0 Å². The van der Waals surface area contributed by atoms with Crippen LogP contribution in [0.5, 0.6) is 5.75 Å². The summed E-state index contributed by atoms with van der Waals surface area (Å²) in [4.78, 5) is 17.1. The molecule has 1 saturated heterocycles. The first kappa shape index (κ1) is 9.98. The van der Waals surface area contributed by atoms with Crippen LogP contribution in [0.3, 0.4) is 0 Å². The van der Waals surface area contributed by atoms with E-state index in [-0.39, 0.29) is 11.7 Å². The fourth-order valence-corrected chi connectivity index (χ4v) is 1.60. The largest absolute Gasteiger partial charge is 0.508 e. The molecule has 1 aliphatic rings. The first-order valence-electron chi connectivity index (χ1n) is 4.93. The first-order chi connectivity index (χ1) is 7.20. The minimum Gasteiger partial charge on any atom is -0.508 e. The third-order valence-electron chi connectivity index (χ3n) is 2.51. The Bertz CT molecular complexity index is 383. The van der Waals surface area contributed by atoms with Crippen LogP contribution in [-0.2, 0) is 4.84 Å². The molecule has 1 amide bonds. The Hall–Kier alpha value is -1.55. The fourth-order valence-electron chi connectivity index (χ4n) is 1.60. The number of benzene rings is 1. The van der Waals surface area contributed by atoms with Gasteiger partial charge in [-0.1, -0.05) is 6.07 Å². The SMILES string of the molecule is Cc1c(O)cccc1C(=O)N1CCCO1. The molecule has 2 rings (SSSR count). The lowest BCUT2D eigenvalue weighted by Gasteiger charge is -2.15. The molecule has 0 unspecified atom stereocenters. The van der Waals surface area contributed by atoms with E-state index >= 15 is 0 Å².